The standard InChI is InChI=1S/C15H19N3O5/c1-9(2)7-16-13(19)14(20)18-17-8-10-4-5-12(23-3)11(6-10)15(21)22/h4-6,8-9H,7H2,1-3H3,(H,16,19)(H,18,20)(H,21,22)/b17-8-. The molecule has 8 nitrogen and oxygen atoms in total. The summed E-state index contributed by atoms with van der Waals surface area (Å²) in [5, 5.41) is 15.1. The molecule has 0 spiro atoms. The molecule has 0 atom stereocenters. The molecule has 0 saturated heterocycles. The summed E-state index contributed by atoms with van der Waals surface area (Å²) in [6.45, 7) is 4.19. The van der Waals surface area contributed by atoms with E-state index in [1.165, 1.54) is 25.5 Å². The number of carbonyl (C=O) groups excluding carboxylic acids is 2. The Labute approximate surface area is 133 Å². The summed E-state index contributed by atoms with van der Waals surface area (Å²) in [5.74, 6) is -2.38. The summed E-state index contributed by atoms with van der Waals surface area (Å²) >= 11 is 0. The summed E-state index contributed by atoms with van der Waals surface area (Å²) in [4.78, 5) is 34.0. The van der Waals surface area contributed by atoms with Crippen LogP contribution in [0.1, 0.15) is 29.8 Å². The molecule has 0 unspecified atom stereocenters. The SMILES string of the molecule is COc1ccc(/C=N\NC(=O)C(=O)NCC(C)C)cc1C(=O)O. The predicted molar refractivity (Wildman–Crippen MR) is 83.5 cm³/mol. The Morgan fingerprint density at radius 3 is 2.57 bits per heavy atom. The Bertz CT molecular complexity index is 626. The number of aromatic carboxylic acids is 1. The maximum Gasteiger partial charge on any atom is 0.339 e. The van der Waals surface area contributed by atoms with Crippen molar-refractivity contribution in [1.29, 1.82) is 0 Å². The molecule has 1 aromatic rings. The van der Waals surface area contributed by atoms with Crippen LogP contribution in [0, 0.1) is 5.92 Å². The number of nitrogens with one attached hydrogen (secondary N) is 2. The number of carboxylic acids is 1. The normalized spacial score (nSPS) is 10.6. The quantitative estimate of drug-likeness (QED) is 0.403. The van der Waals surface area contributed by atoms with Crippen LogP contribution in [0.25, 0.3) is 0 Å². The predicted octanol–water partition coefficient (Wildman–Crippen LogP) is 0.616. The Kier molecular flexibility index (Phi) is 6.72. The minimum Gasteiger partial charge on any atom is -0.496 e. The number of hydrazone groups is 1. The first-order valence-electron chi connectivity index (χ1n) is 6.87. The Morgan fingerprint density at radius 2 is 2.00 bits per heavy atom. The van der Waals surface area contributed by atoms with Crippen molar-refractivity contribution < 1.29 is 24.2 Å². The van der Waals surface area contributed by atoms with Crippen LogP contribution in [0.5, 0.6) is 5.75 Å². The highest BCUT2D eigenvalue weighted by atomic mass is 16.5. The molecular weight excluding hydrogens is 302 g/mol. The average Bonchev–Trinajstić information content (AvgIpc) is 2.52. The Morgan fingerprint density at radius 1 is 1.30 bits per heavy atom. The molecular formula is C15H19N3O5. The zero-order chi connectivity index (χ0) is 17.4. The van der Waals surface area contributed by atoms with E-state index >= 15 is 0 Å². The molecule has 1 rings (SSSR count). The molecule has 0 aliphatic heterocycles. The number of rotatable bonds is 6. The fourth-order valence-corrected chi connectivity index (χ4v) is 1.57. The molecule has 0 saturated carbocycles. The van der Waals surface area contributed by atoms with Gasteiger partial charge in [-0.25, -0.2) is 10.2 Å². The van der Waals surface area contributed by atoms with Gasteiger partial charge in [-0.3, -0.25) is 9.59 Å². The van der Waals surface area contributed by atoms with E-state index in [9.17, 15) is 14.4 Å². The molecule has 0 aliphatic carbocycles. The number of carbonyl (C=O) groups is 3. The maximum absolute atomic E-state index is 11.5. The molecule has 124 valence electrons. The number of ether oxygens (including phenoxy) is 1. The highest BCUT2D eigenvalue weighted by molar-refractivity contribution is 6.35. The first kappa shape index (κ1) is 18.1. The first-order valence-corrected chi connectivity index (χ1v) is 6.87. The van der Waals surface area contributed by atoms with Crippen LogP contribution in [0.3, 0.4) is 0 Å². The van der Waals surface area contributed by atoms with Gasteiger partial charge in [-0.2, -0.15) is 5.10 Å². The summed E-state index contributed by atoms with van der Waals surface area (Å²) in [7, 11) is 1.37. The smallest absolute Gasteiger partial charge is 0.339 e. The summed E-state index contributed by atoms with van der Waals surface area (Å²) < 4.78 is 4.93. The van der Waals surface area contributed by atoms with Crippen molar-refractivity contribution in [1.82, 2.24) is 10.7 Å². The van der Waals surface area contributed by atoms with Crippen molar-refractivity contribution in [3.8, 4) is 5.75 Å². The summed E-state index contributed by atoms with van der Waals surface area (Å²) in [5.41, 5.74) is 2.48. The highest BCUT2D eigenvalue weighted by Crippen LogP contribution is 2.18. The molecule has 0 radical (unpaired) electrons. The van der Waals surface area contributed by atoms with Gasteiger partial charge in [0.1, 0.15) is 11.3 Å². The molecule has 0 aliphatic rings. The number of amides is 2. The number of methoxy groups -OCH3 is 1. The van der Waals surface area contributed by atoms with E-state index in [0.717, 1.165) is 0 Å². The van der Waals surface area contributed by atoms with Crippen molar-refractivity contribution in [2.24, 2.45) is 11.0 Å². The van der Waals surface area contributed by atoms with Gasteiger partial charge in [0.2, 0.25) is 0 Å². The first-order chi connectivity index (χ1) is 10.8. The second kappa shape index (κ2) is 8.52. The van der Waals surface area contributed by atoms with Gasteiger partial charge >= 0.3 is 17.8 Å². The molecule has 0 bridgehead atoms. The topological polar surface area (TPSA) is 117 Å². The van der Waals surface area contributed by atoms with Crippen molar-refractivity contribution in [2.45, 2.75) is 13.8 Å². The van der Waals surface area contributed by atoms with Crippen LogP contribution in [0.15, 0.2) is 23.3 Å². The molecule has 0 fully saturated rings. The highest BCUT2D eigenvalue weighted by Gasteiger charge is 2.13. The van der Waals surface area contributed by atoms with Crippen LogP contribution >= 0.6 is 0 Å². The third kappa shape index (κ3) is 5.77. The van der Waals surface area contributed by atoms with Crippen LogP contribution < -0.4 is 15.5 Å². The lowest BCUT2D eigenvalue weighted by Crippen LogP contribution is -2.39. The largest absolute Gasteiger partial charge is 0.496 e. The lowest BCUT2D eigenvalue weighted by molar-refractivity contribution is -0.139. The van der Waals surface area contributed by atoms with Gasteiger partial charge in [-0.05, 0) is 29.7 Å². The zero-order valence-electron chi connectivity index (χ0n) is 13.1. The summed E-state index contributed by atoms with van der Waals surface area (Å²) in [6, 6.07) is 4.39. The van der Waals surface area contributed by atoms with Crippen molar-refractivity contribution in [3.63, 3.8) is 0 Å². The van der Waals surface area contributed by atoms with E-state index in [2.05, 4.69) is 15.8 Å². The van der Waals surface area contributed by atoms with Gasteiger partial charge in [0.25, 0.3) is 0 Å². The summed E-state index contributed by atoms with van der Waals surface area (Å²) in [6.07, 6.45) is 1.24. The van der Waals surface area contributed by atoms with Crippen LogP contribution in [0.4, 0.5) is 0 Å². The Balaban J connectivity index is 2.67. The molecule has 2 amide bonds. The van der Waals surface area contributed by atoms with E-state index in [1.807, 2.05) is 13.8 Å². The lowest BCUT2D eigenvalue weighted by Gasteiger charge is -2.06. The van der Waals surface area contributed by atoms with Crippen LogP contribution in [-0.4, -0.2) is 42.8 Å². The van der Waals surface area contributed by atoms with E-state index in [1.54, 1.807) is 6.07 Å². The van der Waals surface area contributed by atoms with E-state index in [4.69, 9.17) is 9.84 Å². The minimum absolute atomic E-state index is 0.0301. The van der Waals surface area contributed by atoms with E-state index in [-0.39, 0.29) is 17.2 Å². The van der Waals surface area contributed by atoms with Crippen molar-refractivity contribution in [3.05, 3.63) is 29.3 Å². The molecule has 0 aromatic heterocycles. The van der Waals surface area contributed by atoms with Gasteiger partial charge in [0, 0.05) is 6.54 Å². The minimum atomic E-state index is -1.14. The number of carboxylic acid groups (broad SMARTS) is 1. The lowest BCUT2D eigenvalue weighted by atomic mass is 10.1. The Hall–Kier alpha value is -2.90. The number of hydrogen-bond donors (Lipinski definition) is 3. The fraction of sp³-hybridized carbons (Fsp3) is 0.333. The number of hydrogen-bond acceptors (Lipinski definition) is 5. The second-order valence-electron chi connectivity index (χ2n) is 5.07. The second-order valence-corrected chi connectivity index (χ2v) is 5.07. The molecule has 3 N–H and O–H groups in total. The fourth-order valence-electron chi connectivity index (χ4n) is 1.57. The molecule has 1 aromatic carbocycles. The maximum atomic E-state index is 11.5. The third-order valence-corrected chi connectivity index (χ3v) is 2.71. The molecule has 23 heavy (non-hydrogen) atoms. The van der Waals surface area contributed by atoms with E-state index in [0.29, 0.717) is 12.1 Å². The van der Waals surface area contributed by atoms with Gasteiger partial charge < -0.3 is 15.2 Å². The van der Waals surface area contributed by atoms with Gasteiger partial charge in [-0.15, -0.1) is 0 Å². The number of benzene rings is 1. The van der Waals surface area contributed by atoms with E-state index < -0.39 is 17.8 Å². The molecule has 0 heterocycles. The van der Waals surface area contributed by atoms with Crippen LogP contribution in [0.2, 0.25) is 0 Å². The van der Waals surface area contributed by atoms with Gasteiger partial charge in [-0.1, -0.05) is 13.8 Å². The molecule has 8 heteroatoms. The number of nitrogens with zero attached hydrogens (tertiary/aromatic N) is 1. The van der Waals surface area contributed by atoms with Crippen LogP contribution in [-0.2, 0) is 9.59 Å². The van der Waals surface area contributed by atoms with Crippen molar-refractivity contribution in [2.75, 3.05) is 13.7 Å². The van der Waals surface area contributed by atoms with Gasteiger partial charge in [0.05, 0.1) is 13.3 Å². The monoisotopic (exact) mass is 321 g/mol. The van der Waals surface area contributed by atoms with Gasteiger partial charge in [0.15, 0.2) is 0 Å². The third-order valence-electron chi connectivity index (χ3n) is 2.71. The average molecular weight is 321 g/mol. The zero-order valence-corrected chi connectivity index (χ0v) is 13.1. The van der Waals surface area contributed by atoms with Crippen molar-refractivity contribution >= 4 is 24.0 Å².